The minimum Gasteiger partial charge on any atom is -0.510 e. The Morgan fingerprint density at radius 3 is 2.09 bits per heavy atom. The number of aromatic nitrogens is 2. The topological polar surface area (TPSA) is 48.6 Å². The van der Waals surface area contributed by atoms with Gasteiger partial charge in [-0.15, -0.1) is 23.6 Å². The van der Waals surface area contributed by atoms with Crippen LogP contribution in [0.15, 0.2) is 108 Å². The van der Waals surface area contributed by atoms with Crippen LogP contribution in [0.1, 0.15) is 100 Å². The molecule has 0 saturated carbocycles. The molecular weight excluding hydrogens is 894 g/mol. The minimum atomic E-state index is -0.188. The first-order valence-electron chi connectivity index (χ1n) is 20.2. The number of ether oxygens (including phenoxy) is 2. The maximum absolute atomic E-state index is 6.83. The van der Waals surface area contributed by atoms with Crippen molar-refractivity contribution in [1.29, 1.82) is 0 Å². The summed E-state index contributed by atoms with van der Waals surface area (Å²) in [5.74, 6) is 2.86. The van der Waals surface area contributed by atoms with Crippen molar-refractivity contribution in [3.05, 3.63) is 154 Å². The van der Waals surface area contributed by atoms with E-state index in [9.17, 15) is 0 Å². The number of hydrogen-bond acceptors (Lipinski definition) is 4. The van der Waals surface area contributed by atoms with E-state index in [-0.39, 0.29) is 50.0 Å². The number of benzene rings is 5. The smallest absolute Gasteiger partial charge is 0.510 e. The molecule has 0 unspecified atom stereocenters. The van der Waals surface area contributed by atoms with E-state index in [0.29, 0.717) is 17.4 Å². The molecule has 1 aliphatic rings. The van der Waals surface area contributed by atoms with Gasteiger partial charge in [-0.2, -0.15) is 6.07 Å². The summed E-state index contributed by atoms with van der Waals surface area (Å²) in [6, 6.07) is 41.6. The standard InChI is InChI=1S/C52H53N3O2.Pt/c1-31(2)48-49(35-15-13-12-14-16-35)57-50(54-48)37-25-36(47-33(4)23-32(3)24-34(47)5)26-41(27-37)56-40-18-19-42-43-28-38(51(6,7)8)17-20-44(43)55(45(42)30-40)46-29-39(21-22-53-46)52(9,10)11;/h12-26,28-29,31,48-49H,1-11H3;/q-2;+2/t48-,49+;/m1./s1. The fourth-order valence-corrected chi connectivity index (χ4v) is 8.27. The Hall–Kier alpha value is -4.99. The number of aliphatic imine (C=N–C) groups is 1. The molecule has 0 radical (unpaired) electrons. The van der Waals surface area contributed by atoms with E-state index in [1.807, 2.05) is 18.3 Å². The number of aryl methyl sites for hydroxylation is 3. The van der Waals surface area contributed by atoms with Gasteiger partial charge in [-0.05, 0) is 94.5 Å². The third-order valence-corrected chi connectivity index (χ3v) is 11.2. The van der Waals surface area contributed by atoms with Crippen LogP contribution in [0.4, 0.5) is 0 Å². The Kier molecular flexibility index (Phi) is 11.1. The van der Waals surface area contributed by atoms with Gasteiger partial charge < -0.3 is 14.0 Å². The molecule has 0 spiro atoms. The third-order valence-electron chi connectivity index (χ3n) is 11.2. The van der Waals surface area contributed by atoms with Gasteiger partial charge in [-0.25, -0.2) is 4.98 Å². The van der Waals surface area contributed by atoms with Crippen LogP contribution in [0.25, 0.3) is 38.8 Å². The molecule has 0 amide bonds. The molecule has 1 aliphatic heterocycles. The average Bonchev–Trinajstić information content (AvgIpc) is 3.74. The molecule has 7 aromatic rings. The van der Waals surface area contributed by atoms with Crippen molar-refractivity contribution in [2.75, 3.05) is 0 Å². The van der Waals surface area contributed by atoms with Gasteiger partial charge in [0.25, 0.3) is 0 Å². The van der Waals surface area contributed by atoms with Crippen LogP contribution in [0.2, 0.25) is 0 Å². The first-order chi connectivity index (χ1) is 27.0. The summed E-state index contributed by atoms with van der Waals surface area (Å²) >= 11 is 0. The quantitative estimate of drug-likeness (QED) is 0.150. The average molecular weight is 947 g/mol. The fourth-order valence-electron chi connectivity index (χ4n) is 8.27. The van der Waals surface area contributed by atoms with Crippen LogP contribution >= 0.6 is 0 Å². The minimum absolute atomic E-state index is 0. The summed E-state index contributed by atoms with van der Waals surface area (Å²) in [5.41, 5.74) is 12.1. The fraction of sp³-hybridized carbons (Fsp3) is 0.308. The van der Waals surface area contributed by atoms with Crippen LogP contribution < -0.4 is 4.74 Å². The first-order valence-corrected chi connectivity index (χ1v) is 20.2. The zero-order valence-corrected chi connectivity index (χ0v) is 37.8. The number of nitrogens with zero attached hydrogens (tertiary/aromatic N) is 3. The number of rotatable bonds is 7. The van der Waals surface area contributed by atoms with Crippen LogP contribution in [0.5, 0.6) is 11.5 Å². The molecule has 0 bridgehead atoms. The molecule has 5 aromatic carbocycles. The molecule has 2 aromatic heterocycles. The zero-order chi connectivity index (χ0) is 40.4. The van der Waals surface area contributed by atoms with E-state index >= 15 is 0 Å². The molecule has 298 valence electrons. The summed E-state index contributed by atoms with van der Waals surface area (Å²) in [5, 5.41) is 2.25. The van der Waals surface area contributed by atoms with Crippen LogP contribution in [0.3, 0.4) is 0 Å². The maximum atomic E-state index is 6.83. The van der Waals surface area contributed by atoms with E-state index in [1.165, 1.54) is 33.4 Å². The van der Waals surface area contributed by atoms with Crippen LogP contribution in [0, 0.1) is 38.8 Å². The normalized spacial score (nSPS) is 15.8. The molecule has 3 heterocycles. The molecule has 8 rings (SSSR count). The van der Waals surface area contributed by atoms with Gasteiger partial charge >= 0.3 is 21.1 Å². The van der Waals surface area contributed by atoms with Gasteiger partial charge in [0.1, 0.15) is 17.8 Å². The van der Waals surface area contributed by atoms with Crippen molar-refractivity contribution in [2.45, 2.75) is 99.1 Å². The summed E-state index contributed by atoms with van der Waals surface area (Å²) < 4.78 is 15.8. The van der Waals surface area contributed by atoms with Crippen molar-refractivity contribution in [2.24, 2.45) is 10.9 Å². The van der Waals surface area contributed by atoms with Crippen LogP contribution in [-0.4, -0.2) is 21.5 Å². The summed E-state index contributed by atoms with van der Waals surface area (Å²) in [6.07, 6.45) is 1.72. The number of hydrogen-bond donors (Lipinski definition) is 0. The molecule has 5 nitrogen and oxygen atoms in total. The Balaban J connectivity index is 0.00000512. The van der Waals surface area contributed by atoms with Crippen LogP contribution in [-0.2, 0) is 36.6 Å². The third kappa shape index (κ3) is 7.91. The van der Waals surface area contributed by atoms with Gasteiger partial charge in [0.05, 0.1) is 6.04 Å². The summed E-state index contributed by atoms with van der Waals surface area (Å²) in [4.78, 5) is 10.1. The second-order valence-corrected chi connectivity index (χ2v) is 18.2. The Morgan fingerprint density at radius 2 is 1.41 bits per heavy atom. The molecule has 6 heteroatoms. The Labute approximate surface area is 358 Å². The molecule has 0 fully saturated rings. The second-order valence-electron chi connectivity index (χ2n) is 18.2. The molecule has 0 N–H and O–H groups in total. The van der Waals surface area contributed by atoms with Crippen molar-refractivity contribution in [3.8, 4) is 28.4 Å². The molecule has 2 atom stereocenters. The van der Waals surface area contributed by atoms with Gasteiger partial charge in [0.15, 0.2) is 0 Å². The molecule has 0 aliphatic carbocycles. The van der Waals surface area contributed by atoms with E-state index in [4.69, 9.17) is 19.5 Å². The van der Waals surface area contributed by atoms with Crippen molar-refractivity contribution < 1.29 is 30.5 Å². The predicted molar refractivity (Wildman–Crippen MR) is 235 cm³/mol. The molecule has 0 saturated heterocycles. The largest absolute Gasteiger partial charge is 2.00 e. The van der Waals surface area contributed by atoms with Crippen molar-refractivity contribution in [3.63, 3.8) is 0 Å². The molecular formula is C52H53N3O2Pt. The summed E-state index contributed by atoms with van der Waals surface area (Å²) in [7, 11) is 0. The zero-order valence-electron chi connectivity index (χ0n) is 35.5. The van der Waals surface area contributed by atoms with Crippen molar-refractivity contribution in [1.82, 2.24) is 9.55 Å². The van der Waals surface area contributed by atoms with E-state index in [2.05, 4.69) is 178 Å². The Bertz CT molecular complexity index is 2650. The van der Waals surface area contributed by atoms with E-state index in [1.54, 1.807) is 0 Å². The van der Waals surface area contributed by atoms with Gasteiger partial charge in [0.2, 0.25) is 0 Å². The van der Waals surface area contributed by atoms with Crippen molar-refractivity contribution >= 4 is 27.7 Å². The monoisotopic (exact) mass is 946 g/mol. The molecule has 58 heavy (non-hydrogen) atoms. The number of pyridine rings is 1. The number of fused-ring (bicyclic) bond motifs is 3. The van der Waals surface area contributed by atoms with Gasteiger partial charge in [0, 0.05) is 23.2 Å². The van der Waals surface area contributed by atoms with Gasteiger partial charge in [-0.3, -0.25) is 4.99 Å². The SMILES string of the molecule is Cc1cc(C)c(-c2cc(Oc3[c-]c4c(cc3)c3cc(C(C)(C)C)ccc3n4-c3cc(C(C)(C)C)ccn3)[c-]c(C3=N[C@H](C(C)C)[C@H](c4ccccc4)O3)c2)c(C)c1.[Pt+2]. The maximum Gasteiger partial charge on any atom is 2.00 e. The van der Waals surface area contributed by atoms with Gasteiger partial charge in [-0.1, -0.05) is 144 Å². The summed E-state index contributed by atoms with van der Waals surface area (Å²) in [6.45, 7) is 24.4. The second kappa shape index (κ2) is 15.6. The van der Waals surface area contributed by atoms with E-state index in [0.717, 1.165) is 44.3 Å². The predicted octanol–water partition coefficient (Wildman–Crippen LogP) is 13.3. The van der Waals surface area contributed by atoms with E-state index < -0.39 is 0 Å². The first kappa shape index (κ1) is 41.2. The Morgan fingerprint density at radius 1 is 0.724 bits per heavy atom.